The van der Waals surface area contributed by atoms with Crippen molar-refractivity contribution in [1.29, 1.82) is 0 Å². The van der Waals surface area contributed by atoms with Crippen LogP contribution in [-0.2, 0) is 4.79 Å². The summed E-state index contributed by atoms with van der Waals surface area (Å²) in [5.74, 6) is -1.64. The molecule has 0 aromatic carbocycles. The summed E-state index contributed by atoms with van der Waals surface area (Å²) >= 11 is 0. The zero-order valence-electron chi connectivity index (χ0n) is 10.3. The SMILES string of the molecule is CC(C)(C)C(=O)N1CCC(C(F)(F)F)C(N)C1. The van der Waals surface area contributed by atoms with E-state index in [1.54, 1.807) is 20.8 Å². The molecule has 2 unspecified atom stereocenters. The molecule has 2 N–H and O–H groups in total. The summed E-state index contributed by atoms with van der Waals surface area (Å²) in [6.07, 6.45) is -4.37. The molecule has 17 heavy (non-hydrogen) atoms. The lowest BCUT2D eigenvalue weighted by Crippen LogP contribution is -2.56. The van der Waals surface area contributed by atoms with Gasteiger partial charge in [-0.1, -0.05) is 20.8 Å². The Morgan fingerprint density at radius 2 is 1.82 bits per heavy atom. The maximum Gasteiger partial charge on any atom is 0.393 e. The monoisotopic (exact) mass is 252 g/mol. The van der Waals surface area contributed by atoms with E-state index in [4.69, 9.17) is 5.73 Å². The lowest BCUT2D eigenvalue weighted by molar-refractivity contribution is -0.191. The van der Waals surface area contributed by atoms with Crippen LogP contribution < -0.4 is 5.73 Å². The molecule has 0 aromatic heterocycles. The summed E-state index contributed by atoms with van der Waals surface area (Å²) in [4.78, 5) is 13.3. The number of carbonyl (C=O) groups is 1. The maximum absolute atomic E-state index is 12.6. The Hall–Kier alpha value is -0.780. The van der Waals surface area contributed by atoms with Crippen LogP contribution in [0.15, 0.2) is 0 Å². The van der Waals surface area contributed by atoms with Crippen molar-refractivity contribution in [3.05, 3.63) is 0 Å². The van der Waals surface area contributed by atoms with Gasteiger partial charge in [-0.05, 0) is 6.42 Å². The summed E-state index contributed by atoms with van der Waals surface area (Å²) < 4.78 is 37.7. The number of carbonyl (C=O) groups excluding carboxylic acids is 1. The first kappa shape index (κ1) is 14.3. The molecule has 1 saturated heterocycles. The van der Waals surface area contributed by atoms with Gasteiger partial charge >= 0.3 is 6.18 Å². The van der Waals surface area contributed by atoms with Crippen molar-refractivity contribution in [2.24, 2.45) is 17.1 Å². The topological polar surface area (TPSA) is 46.3 Å². The number of alkyl halides is 3. The maximum atomic E-state index is 12.6. The summed E-state index contributed by atoms with van der Waals surface area (Å²) in [5.41, 5.74) is 4.94. The van der Waals surface area contributed by atoms with Gasteiger partial charge in [0.2, 0.25) is 5.91 Å². The van der Waals surface area contributed by atoms with Gasteiger partial charge in [-0.25, -0.2) is 0 Å². The highest BCUT2D eigenvalue weighted by Crippen LogP contribution is 2.34. The quantitative estimate of drug-likeness (QED) is 0.714. The number of piperidine rings is 1. The first-order chi connectivity index (χ1) is 7.53. The molecule has 1 amide bonds. The minimum absolute atomic E-state index is 0.0136. The largest absolute Gasteiger partial charge is 0.393 e. The van der Waals surface area contributed by atoms with Gasteiger partial charge in [0.1, 0.15) is 0 Å². The van der Waals surface area contributed by atoms with Gasteiger partial charge in [0.15, 0.2) is 0 Å². The van der Waals surface area contributed by atoms with Crippen LogP contribution in [0.25, 0.3) is 0 Å². The van der Waals surface area contributed by atoms with Gasteiger partial charge in [0, 0.05) is 24.5 Å². The lowest BCUT2D eigenvalue weighted by Gasteiger charge is -2.39. The summed E-state index contributed by atoms with van der Waals surface area (Å²) in [5, 5.41) is 0. The second kappa shape index (κ2) is 4.48. The van der Waals surface area contributed by atoms with Gasteiger partial charge in [0.05, 0.1) is 5.92 Å². The first-order valence-electron chi connectivity index (χ1n) is 5.65. The summed E-state index contributed by atoms with van der Waals surface area (Å²) in [6, 6.07) is -1.02. The molecule has 1 aliphatic heterocycles. The number of rotatable bonds is 0. The number of nitrogens with two attached hydrogens (primary N) is 1. The van der Waals surface area contributed by atoms with Crippen LogP contribution in [0.1, 0.15) is 27.2 Å². The lowest BCUT2D eigenvalue weighted by atomic mass is 9.88. The van der Waals surface area contributed by atoms with Gasteiger partial charge < -0.3 is 10.6 Å². The van der Waals surface area contributed by atoms with E-state index in [1.807, 2.05) is 0 Å². The fourth-order valence-electron chi connectivity index (χ4n) is 2.05. The van der Waals surface area contributed by atoms with E-state index in [9.17, 15) is 18.0 Å². The Kier molecular flexibility index (Phi) is 3.76. The number of halogens is 3. The first-order valence-corrected chi connectivity index (χ1v) is 5.65. The molecule has 1 fully saturated rings. The van der Waals surface area contributed by atoms with Gasteiger partial charge in [-0.3, -0.25) is 4.79 Å². The average Bonchev–Trinajstić information content (AvgIpc) is 2.12. The number of nitrogens with zero attached hydrogens (tertiary/aromatic N) is 1. The summed E-state index contributed by atoms with van der Waals surface area (Å²) in [6.45, 7) is 5.36. The molecule has 0 saturated carbocycles. The van der Waals surface area contributed by atoms with Crippen LogP contribution in [0.3, 0.4) is 0 Å². The molecule has 0 radical (unpaired) electrons. The number of hydrogen-bond donors (Lipinski definition) is 1. The van der Waals surface area contributed by atoms with E-state index in [-0.39, 0.29) is 25.4 Å². The molecule has 1 aliphatic rings. The van der Waals surface area contributed by atoms with Crippen LogP contribution in [0, 0.1) is 11.3 Å². The molecule has 1 rings (SSSR count). The van der Waals surface area contributed by atoms with Crippen LogP contribution >= 0.6 is 0 Å². The highest BCUT2D eigenvalue weighted by atomic mass is 19.4. The zero-order chi connectivity index (χ0) is 13.4. The van der Waals surface area contributed by atoms with Crippen LogP contribution in [0.4, 0.5) is 13.2 Å². The van der Waals surface area contributed by atoms with Crippen molar-refractivity contribution < 1.29 is 18.0 Å². The Morgan fingerprint density at radius 1 is 1.29 bits per heavy atom. The predicted octanol–water partition coefficient (Wildman–Crippen LogP) is 1.77. The molecule has 0 bridgehead atoms. The molecule has 0 spiro atoms. The van der Waals surface area contributed by atoms with Gasteiger partial charge in [0.25, 0.3) is 0 Å². The van der Waals surface area contributed by atoms with E-state index in [1.165, 1.54) is 4.90 Å². The van der Waals surface area contributed by atoms with E-state index in [0.29, 0.717) is 0 Å². The molecular weight excluding hydrogens is 233 g/mol. The van der Waals surface area contributed by atoms with E-state index in [2.05, 4.69) is 0 Å². The van der Waals surface area contributed by atoms with Crippen molar-refractivity contribution in [3.8, 4) is 0 Å². The second-order valence-corrected chi connectivity index (χ2v) is 5.60. The predicted molar refractivity (Wildman–Crippen MR) is 58.2 cm³/mol. The third kappa shape index (κ3) is 3.34. The molecule has 3 nitrogen and oxygen atoms in total. The number of hydrogen-bond acceptors (Lipinski definition) is 2. The van der Waals surface area contributed by atoms with Crippen molar-refractivity contribution in [3.63, 3.8) is 0 Å². The van der Waals surface area contributed by atoms with Crippen molar-refractivity contribution in [2.75, 3.05) is 13.1 Å². The second-order valence-electron chi connectivity index (χ2n) is 5.60. The Bertz CT molecular complexity index is 296. The molecule has 1 heterocycles. The van der Waals surface area contributed by atoms with Crippen LogP contribution in [0.2, 0.25) is 0 Å². The van der Waals surface area contributed by atoms with E-state index >= 15 is 0 Å². The number of amides is 1. The fourth-order valence-corrected chi connectivity index (χ4v) is 2.05. The molecular formula is C11H19F3N2O. The summed E-state index contributed by atoms with van der Waals surface area (Å²) in [7, 11) is 0. The van der Waals surface area contributed by atoms with E-state index in [0.717, 1.165) is 0 Å². The number of likely N-dealkylation sites (tertiary alicyclic amines) is 1. The molecule has 2 atom stereocenters. The standard InChI is InChI=1S/C11H19F3N2O/c1-10(2,3)9(17)16-5-4-7(8(15)6-16)11(12,13)14/h7-8H,4-6,15H2,1-3H3. The van der Waals surface area contributed by atoms with Crippen molar-refractivity contribution in [1.82, 2.24) is 4.90 Å². The van der Waals surface area contributed by atoms with E-state index < -0.39 is 23.6 Å². The van der Waals surface area contributed by atoms with Gasteiger partial charge in [-0.2, -0.15) is 13.2 Å². The smallest absolute Gasteiger partial charge is 0.341 e. The Balaban J connectivity index is 2.68. The highest BCUT2D eigenvalue weighted by Gasteiger charge is 2.46. The van der Waals surface area contributed by atoms with Crippen LogP contribution in [-0.4, -0.2) is 36.1 Å². The third-order valence-electron chi connectivity index (χ3n) is 3.01. The molecule has 0 aromatic rings. The third-order valence-corrected chi connectivity index (χ3v) is 3.01. The minimum atomic E-state index is -4.27. The molecule has 0 aliphatic carbocycles. The van der Waals surface area contributed by atoms with Gasteiger partial charge in [-0.15, -0.1) is 0 Å². The minimum Gasteiger partial charge on any atom is -0.341 e. The normalized spacial score (nSPS) is 27.1. The molecule has 6 heteroatoms. The van der Waals surface area contributed by atoms with Crippen LogP contribution in [0.5, 0.6) is 0 Å². The fraction of sp³-hybridized carbons (Fsp3) is 0.909. The van der Waals surface area contributed by atoms with Crippen molar-refractivity contribution in [2.45, 2.75) is 39.4 Å². The molecule has 100 valence electrons. The zero-order valence-corrected chi connectivity index (χ0v) is 10.3. The van der Waals surface area contributed by atoms with Crippen molar-refractivity contribution >= 4 is 5.91 Å². The average molecular weight is 252 g/mol. The highest BCUT2D eigenvalue weighted by molar-refractivity contribution is 5.81. The Morgan fingerprint density at radius 3 is 2.18 bits per heavy atom. The Labute approximate surface area is 99.1 Å².